The average Bonchev–Trinajstić information content (AvgIpc) is 3.26. The number of carbonyl (C=O) groups is 2. The summed E-state index contributed by atoms with van der Waals surface area (Å²) in [6.07, 6.45) is 1.57. The average molecular weight is 438 g/mol. The Labute approximate surface area is 187 Å². The van der Waals surface area contributed by atoms with Gasteiger partial charge in [-0.1, -0.05) is 50.2 Å². The van der Waals surface area contributed by atoms with Crippen LogP contribution >= 0.6 is 0 Å². The Balaban J connectivity index is 1.75. The van der Waals surface area contributed by atoms with E-state index >= 15 is 0 Å². The van der Waals surface area contributed by atoms with Gasteiger partial charge in [0.1, 0.15) is 18.1 Å². The molecule has 0 fully saturated rings. The topological polar surface area (TPSA) is 65.8 Å². The number of carbonyl (C=O) groups excluding carboxylic acids is 2. The molecule has 32 heavy (non-hydrogen) atoms. The largest absolute Gasteiger partial charge is 0.467 e. The monoisotopic (exact) mass is 437 g/mol. The highest BCUT2D eigenvalue weighted by atomic mass is 19.1. The third-order valence-electron chi connectivity index (χ3n) is 4.77. The molecular formula is C25H28FN3O3. The zero-order chi connectivity index (χ0) is 22.9. The summed E-state index contributed by atoms with van der Waals surface area (Å²) in [5.41, 5.74) is 1.32. The van der Waals surface area contributed by atoms with Crippen molar-refractivity contribution in [2.24, 2.45) is 5.92 Å². The minimum Gasteiger partial charge on any atom is -0.467 e. The predicted octanol–water partition coefficient (Wildman–Crippen LogP) is 5.14. The molecule has 1 heterocycles. The number of nitrogens with zero attached hydrogens (tertiary/aromatic N) is 2. The third-order valence-corrected chi connectivity index (χ3v) is 4.77. The van der Waals surface area contributed by atoms with Crippen molar-refractivity contribution >= 4 is 17.6 Å². The summed E-state index contributed by atoms with van der Waals surface area (Å²) in [6.45, 7) is 4.90. The Hall–Kier alpha value is -3.61. The van der Waals surface area contributed by atoms with Gasteiger partial charge in [0, 0.05) is 18.8 Å². The van der Waals surface area contributed by atoms with Crippen LogP contribution in [0.1, 0.15) is 25.2 Å². The number of benzene rings is 2. The van der Waals surface area contributed by atoms with Crippen LogP contribution in [0.5, 0.6) is 0 Å². The van der Waals surface area contributed by atoms with Crippen molar-refractivity contribution < 1.29 is 18.4 Å². The highest BCUT2D eigenvalue weighted by Crippen LogP contribution is 2.14. The van der Waals surface area contributed by atoms with Crippen molar-refractivity contribution in [2.75, 3.05) is 18.4 Å². The van der Waals surface area contributed by atoms with Crippen molar-refractivity contribution in [1.29, 1.82) is 0 Å². The number of furan rings is 1. The van der Waals surface area contributed by atoms with Crippen molar-refractivity contribution in [1.82, 2.24) is 9.80 Å². The number of nitrogens with one attached hydrogen (secondary N) is 1. The SMILES string of the molecule is CC(C)CN(CC(=O)N(Cc1ccccc1)Cc1ccco1)C(=O)Nc1cccc(F)c1. The molecule has 0 aliphatic heterocycles. The maximum Gasteiger partial charge on any atom is 0.322 e. The normalized spacial score (nSPS) is 10.8. The molecule has 0 radical (unpaired) electrons. The van der Waals surface area contributed by atoms with Crippen LogP contribution < -0.4 is 5.32 Å². The number of hydrogen-bond acceptors (Lipinski definition) is 3. The van der Waals surface area contributed by atoms with Crippen LogP contribution in [0.3, 0.4) is 0 Å². The second kappa shape index (κ2) is 11.1. The molecule has 0 aliphatic carbocycles. The number of rotatable bonds is 9. The molecule has 0 spiro atoms. The summed E-state index contributed by atoms with van der Waals surface area (Å²) in [5, 5.41) is 2.69. The van der Waals surface area contributed by atoms with Crippen LogP contribution in [0.2, 0.25) is 0 Å². The molecule has 0 atom stereocenters. The molecule has 0 saturated heterocycles. The molecule has 0 aliphatic rings. The Morgan fingerprint density at radius 1 is 0.969 bits per heavy atom. The van der Waals surface area contributed by atoms with Gasteiger partial charge >= 0.3 is 6.03 Å². The molecule has 3 rings (SSSR count). The quantitative estimate of drug-likeness (QED) is 0.504. The van der Waals surface area contributed by atoms with Crippen molar-refractivity contribution in [3.05, 3.63) is 90.1 Å². The molecular weight excluding hydrogens is 409 g/mol. The molecule has 0 unspecified atom stereocenters. The lowest BCUT2D eigenvalue weighted by molar-refractivity contribution is -0.133. The first-order valence-corrected chi connectivity index (χ1v) is 10.6. The van der Waals surface area contributed by atoms with Crippen molar-refractivity contribution in [3.8, 4) is 0 Å². The first-order valence-electron chi connectivity index (χ1n) is 10.6. The minimum absolute atomic E-state index is 0.104. The van der Waals surface area contributed by atoms with Gasteiger partial charge < -0.3 is 19.5 Å². The van der Waals surface area contributed by atoms with Crippen LogP contribution in [-0.2, 0) is 17.9 Å². The first-order chi connectivity index (χ1) is 15.4. The van der Waals surface area contributed by atoms with E-state index in [1.807, 2.05) is 50.2 Å². The molecule has 2 aromatic carbocycles. The lowest BCUT2D eigenvalue weighted by atomic mass is 10.2. The molecule has 6 nitrogen and oxygen atoms in total. The summed E-state index contributed by atoms with van der Waals surface area (Å²) in [7, 11) is 0. The summed E-state index contributed by atoms with van der Waals surface area (Å²) in [5.74, 6) is 0.157. The number of halogens is 1. The fraction of sp³-hybridized carbons (Fsp3) is 0.280. The molecule has 3 amide bonds. The summed E-state index contributed by atoms with van der Waals surface area (Å²) in [4.78, 5) is 29.3. The van der Waals surface area contributed by atoms with E-state index in [1.54, 1.807) is 23.3 Å². The van der Waals surface area contributed by atoms with Gasteiger partial charge in [0.05, 0.1) is 12.8 Å². The number of urea groups is 1. The smallest absolute Gasteiger partial charge is 0.322 e. The van der Waals surface area contributed by atoms with Gasteiger partial charge in [0.2, 0.25) is 5.91 Å². The Morgan fingerprint density at radius 2 is 1.75 bits per heavy atom. The van der Waals surface area contributed by atoms with E-state index in [-0.39, 0.29) is 18.4 Å². The fourth-order valence-corrected chi connectivity index (χ4v) is 3.32. The fourth-order valence-electron chi connectivity index (χ4n) is 3.32. The van der Waals surface area contributed by atoms with E-state index in [0.29, 0.717) is 31.1 Å². The maximum atomic E-state index is 13.5. The van der Waals surface area contributed by atoms with Gasteiger partial charge in [0.15, 0.2) is 0 Å². The van der Waals surface area contributed by atoms with E-state index in [0.717, 1.165) is 5.56 Å². The van der Waals surface area contributed by atoms with Gasteiger partial charge in [-0.15, -0.1) is 0 Å². The number of amides is 3. The van der Waals surface area contributed by atoms with Crippen LogP contribution in [0.25, 0.3) is 0 Å². The summed E-state index contributed by atoms with van der Waals surface area (Å²) < 4.78 is 18.9. The summed E-state index contributed by atoms with van der Waals surface area (Å²) >= 11 is 0. The maximum absolute atomic E-state index is 13.5. The van der Waals surface area contributed by atoms with Crippen molar-refractivity contribution in [3.63, 3.8) is 0 Å². The van der Waals surface area contributed by atoms with Crippen LogP contribution in [0, 0.1) is 11.7 Å². The van der Waals surface area contributed by atoms with Gasteiger partial charge in [0.25, 0.3) is 0 Å². The zero-order valence-corrected chi connectivity index (χ0v) is 18.3. The molecule has 0 saturated carbocycles. The van der Waals surface area contributed by atoms with Gasteiger partial charge in [-0.25, -0.2) is 9.18 Å². The Kier molecular flexibility index (Phi) is 8.02. The van der Waals surface area contributed by atoms with Gasteiger partial charge in [-0.05, 0) is 41.8 Å². The molecule has 0 bridgehead atoms. The highest BCUT2D eigenvalue weighted by molar-refractivity contribution is 5.92. The minimum atomic E-state index is -0.449. The summed E-state index contributed by atoms with van der Waals surface area (Å²) in [6, 6.07) is 18.5. The molecule has 168 valence electrons. The zero-order valence-electron chi connectivity index (χ0n) is 18.3. The number of hydrogen-bond donors (Lipinski definition) is 1. The van der Waals surface area contributed by atoms with Gasteiger partial charge in [-0.2, -0.15) is 0 Å². The van der Waals surface area contributed by atoms with E-state index in [2.05, 4.69) is 5.32 Å². The highest BCUT2D eigenvalue weighted by Gasteiger charge is 2.23. The van der Waals surface area contributed by atoms with E-state index in [1.165, 1.54) is 23.1 Å². The Bertz CT molecular complexity index is 1010. The molecule has 1 N–H and O–H groups in total. The first kappa shape index (κ1) is 23.1. The second-order valence-electron chi connectivity index (χ2n) is 8.03. The van der Waals surface area contributed by atoms with E-state index in [4.69, 9.17) is 4.42 Å². The van der Waals surface area contributed by atoms with Crippen molar-refractivity contribution in [2.45, 2.75) is 26.9 Å². The molecule has 7 heteroatoms. The standard InChI is InChI=1S/C25H28FN3O3/c1-19(2)15-29(25(31)27-22-11-6-10-21(26)14-22)18-24(30)28(17-23-12-7-13-32-23)16-20-8-4-3-5-9-20/h3-14,19H,15-18H2,1-2H3,(H,27,31). The molecule has 1 aromatic heterocycles. The predicted molar refractivity (Wildman–Crippen MR) is 121 cm³/mol. The van der Waals surface area contributed by atoms with Gasteiger partial charge in [-0.3, -0.25) is 4.79 Å². The molecule has 3 aromatic rings. The van der Waals surface area contributed by atoms with Crippen LogP contribution in [0.15, 0.2) is 77.4 Å². The van der Waals surface area contributed by atoms with Crippen LogP contribution in [-0.4, -0.2) is 34.8 Å². The third kappa shape index (κ3) is 6.97. The lowest BCUT2D eigenvalue weighted by Gasteiger charge is -2.28. The second-order valence-corrected chi connectivity index (χ2v) is 8.03. The Morgan fingerprint density at radius 3 is 2.41 bits per heavy atom. The van der Waals surface area contributed by atoms with E-state index < -0.39 is 11.8 Å². The number of anilines is 1. The lowest BCUT2D eigenvalue weighted by Crippen LogP contribution is -2.45. The van der Waals surface area contributed by atoms with E-state index in [9.17, 15) is 14.0 Å². The van der Waals surface area contributed by atoms with Crippen LogP contribution in [0.4, 0.5) is 14.9 Å².